The highest BCUT2D eigenvalue weighted by atomic mass is 16.6. The Hall–Kier alpha value is -2.63. The summed E-state index contributed by atoms with van der Waals surface area (Å²) in [5.74, 6) is -0.916. The maximum absolute atomic E-state index is 12.8. The third-order valence-corrected chi connectivity index (χ3v) is 11.3. The highest BCUT2D eigenvalue weighted by molar-refractivity contribution is 5.71. The maximum Gasteiger partial charge on any atom is 0.306 e. The zero-order chi connectivity index (χ0) is 44.4. The zero-order valence-electron chi connectivity index (χ0n) is 40.4. The second-order valence-corrected chi connectivity index (χ2v) is 17.4. The van der Waals surface area contributed by atoms with Crippen molar-refractivity contribution < 1.29 is 28.6 Å². The summed E-state index contributed by atoms with van der Waals surface area (Å²) in [5, 5.41) is 0. The van der Waals surface area contributed by atoms with Crippen LogP contribution >= 0.6 is 0 Å². The third-order valence-electron chi connectivity index (χ3n) is 11.3. The Labute approximate surface area is 378 Å². The first-order chi connectivity index (χ1) is 30.0. The van der Waals surface area contributed by atoms with E-state index in [4.69, 9.17) is 14.2 Å². The molecule has 0 aromatic rings. The number of unbranched alkanes of at least 4 members (excludes halogenated alkanes) is 28. The van der Waals surface area contributed by atoms with Gasteiger partial charge in [-0.1, -0.05) is 217 Å². The standard InChI is InChI=1S/C55H98O6/c1-4-7-10-13-16-19-22-25-27-28-31-33-36-39-42-45-48-54(57)60-51-52(50-59-53(56)47-44-41-38-35-32-29-24-21-18-15-12-9-6-3)61-55(58)49-46-43-40-37-34-30-26-23-20-17-14-11-8-5-2/h8,11,17,20,26,29-30,32,52H,4-7,9-10,12-16,18-19,21-25,27-28,31,33-51H2,1-3H3/b11-8-,20-17-,30-26-,32-29-. The van der Waals surface area contributed by atoms with Crippen LogP contribution in [0.4, 0.5) is 0 Å². The van der Waals surface area contributed by atoms with Gasteiger partial charge in [-0.2, -0.15) is 0 Å². The van der Waals surface area contributed by atoms with Gasteiger partial charge in [0.2, 0.25) is 0 Å². The van der Waals surface area contributed by atoms with E-state index in [2.05, 4.69) is 69.4 Å². The molecule has 0 saturated carbocycles. The Kier molecular flexibility index (Phi) is 47.9. The van der Waals surface area contributed by atoms with E-state index in [0.717, 1.165) is 103 Å². The van der Waals surface area contributed by atoms with E-state index in [1.165, 1.54) is 122 Å². The quantitative estimate of drug-likeness (QED) is 0.0263. The molecule has 0 radical (unpaired) electrons. The van der Waals surface area contributed by atoms with Crippen LogP contribution in [0.15, 0.2) is 48.6 Å². The van der Waals surface area contributed by atoms with Gasteiger partial charge in [0.25, 0.3) is 0 Å². The second kappa shape index (κ2) is 50.0. The van der Waals surface area contributed by atoms with E-state index in [9.17, 15) is 14.4 Å². The van der Waals surface area contributed by atoms with Crippen LogP contribution in [0.3, 0.4) is 0 Å². The highest BCUT2D eigenvalue weighted by Crippen LogP contribution is 2.15. The number of allylic oxidation sites excluding steroid dienone is 8. The number of rotatable bonds is 47. The molecule has 61 heavy (non-hydrogen) atoms. The van der Waals surface area contributed by atoms with Crippen LogP contribution in [0.25, 0.3) is 0 Å². The van der Waals surface area contributed by atoms with Crippen molar-refractivity contribution in [2.75, 3.05) is 13.2 Å². The molecule has 1 unspecified atom stereocenters. The molecule has 6 nitrogen and oxygen atoms in total. The van der Waals surface area contributed by atoms with Gasteiger partial charge in [-0.3, -0.25) is 14.4 Å². The topological polar surface area (TPSA) is 78.9 Å². The van der Waals surface area contributed by atoms with Crippen LogP contribution in [0.2, 0.25) is 0 Å². The van der Waals surface area contributed by atoms with Crippen molar-refractivity contribution >= 4 is 17.9 Å². The average molecular weight is 855 g/mol. The summed E-state index contributed by atoms with van der Waals surface area (Å²) >= 11 is 0. The molecule has 1 atom stereocenters. The van der Waals surface area contributed by atoms with Crippen LogP contribution in [-0.2, 0) is 28.6 Å². The molecule has 0 amide bonds. The molecule has 0 aliphatic carbocycles. The molecule has 0 aromatic heterocycles. The van der Waals surface area contributed by atoms with Gasteiger partial charge < -0.3 is 14.2 Å². The lowest BCUT2D eigenvalue weighted by atomic mass is 10.0. The Balaban J connectivity index is 4.39. The van der Waals surface area contributed by atoms with Crippen LogP contribution in [0, 0.1) is 0 Å². The summed E-state index contributed by atoms with van der Waals surface area (Å²) in [5.41, 5.74) is 0. The molecular weight excluding hydrogens is 757 g/mol. The summed E-state index contributed by atoms with van der Waals surface area (Å²) in [4.78, 5) is 38.0. The molecule has 354 valence electrons. The van der Waals surface area contributed by atoms with Crippen molar-refractivity contribution in [3.63, 3.8) is 0 Å². The summed E-state index contributed by atoms with van der Waals surface area (Å²) in [7, 11) is 0. The van der Waals surface area contributed by atoms with Crippen molar-refractivity contribution in [3.8, 4) is 0 Å². The van der Waals surface area contributed by atoms with Gasteiger partial charge in [-0.15, -0.1) is 0 Å². The fourth-order valence-corrected chi connectivity index (χ4v) is 7.39. The minimum Gasteiger partial charge on any atom is -0.462 e. The first kappa shape index (κ1) is 58.4. The molecule has 0 spiro atoms. The number of carbonyl (C=O) groups is 3. The molecule has 0 aliphatic rings. The molecule has 0 bridgehead atoms. The number of hydrogen-bond donors (Lipinski definition) is 0. The van der Waals surface area contributed by atoms with Crippen molar-refractivity contribution in [1.82, 2.24) is 0 Å². The molecule has 0 rings (SSSR count). The normalized spacial score (nSPS) is 12.4. The van der Waals surface area contributed by atoms with Gasteiger partial charge in [-0.25, -0.2) is 0 Å². The van der Waals surface area contributed by atoms with E-state index in [0.29, 0.717) is 19.3 Å². The van der Waals surface area contributed by atoms with Crippen molar-refractivity contribution in [3.05, 3.63) is 48.6 Å². The van der Waals surface area contributed by atoms with Crippen LogP contribution in [0.5, 0.6) is 0 Å². The number of carbonyl (C=O) groups excluding carboxylic acids is 3. The van der Waals surface area contributed by atoms with Crippen LogP contribution < -0.4 is 0 Å². The van der Waals surface area contributed by atoms with Crippen molar-refractivity contribution in [1.29, 1.82) is 0 Å². The van der Waals surface area contributed by atoms with Gasteiger partial charge in [-0.05, 0) is 77.0 Å². The van der Waals surface area contributed by atoms with Crippen LogP contribution in [-0.4, -0.2) is 37.2 Å². The Bertz CT molecular complexity index is 1070. The summed E-state index contributed by atoms with van der Waals surface area (Å²) in [6.07, 6.45) is 59.5. The van der Waals surface area contributed by atoms with Gasteiger partial charge in [0.15, 0.2) is 6.10 Å². The first-order valence-electron chi connectivity index (χ1n) is 26.1. The van der Waals surface area contributed by atoms with E-state index >= 15 is 0 Å². The molecule has 0 N–H and O–H groups in total. The lowest BCUT2D eigenvalue weighted by Crippen LogP contribution is -2.30. The Morgan fingerprint density at radius 3 is 1.03 bits per heavy atom. The highest BCUT2D eigenvalue weighted by Gasteiger charge is 2.19. The smallest absolute Gasteiger partial charge is 0.306 e. The minimum absolute atomic E-state index is 0.0846. The molecule has 0 saturated heterocycles. The van der Waals surface area contributed by atoms with Gasteiger partial charge in [0.1, 0.15) is 13.2 Å². The summed E-state index contributed by atoms with van der Waals surface area (Å²) < 4.78 is 16.8. The largest absolute Gasteiger partial charge is 0.462 e. The summed E-state index contributed by atoms with van der Waals surface area (Å²) in [6.45, 7) is 6.50. The lowest BCUT2D eigenvalue weighted by molar-refractivity contribution is -0.167. The summed E-state index contributed by atoms with van der Waals surface area (Å²) in [6, 6.07) is 0. The number of esters is 3. The predicted octanol–water partition coefficient (Wildman–Crippen LogP) is 17.1. The van der Waals surface area contributed by atoms with Gasteiger partial charge in [0.05, 0.1) is 0 Å². The Morgan fingerprint density at radius 2 is 0.639 bits per heavy atom. The second-order valence-electron chi connectivity index (χ2n) is 17.4. The van der Waals surface area contributed by atoms with Gasteiger partial charge >= 0.3 is 17.9 Å². The van der Waals surface area contributed by atoms with E-state index in [1.54, 1.807) is 0 Å². The van der Waals surface area contributed by atoms with E-state index in [1.807, 2.05) is 0 Å². The minimum atomic E-state index is -0.787. The fraction of sp³-hybridized carbons (Fsp3) is 0.800. The molecule has 6 heteroatoms. The number of hydrogen-bond acceptors (Lipinski definition) is 6. The molecule has 0 aliphatic heterocycles. The van der Waals surface area contributed by atoms with E-state index < -0.39 is 6.10 Å². The monoisotopic (exact) mass is 855 g/mol. The van der Waals surface area contributed by atoms with Crippen molar-refractivity contribution in [2.24, 2.45) is 0 Å². The first-order valence-corrected chi connectivity index (χ1v) is 26.1. The SMILES string of the molecule is CC/C=C\C/C=C\C/C=C\CCCCCCC(=O)OC(COC(=O)CCCCC/C=C\CCCCCCCC)COC(=O)CCCCCCCCCCCCCCCCCC. The zero-order valence-corrected chi connectivity index (χ0v) is 40.4. The fourth-order valence-electron chi connectivity index (χ4n) is 7.39. The van der Waals surface area contributed by atoms with Gasteiger partial charge in [0, 0.05) is 19.3 Å². The molecule has 0 aromatic carbocycles. The lowest BCUT2D eigenvalue weighted by Gasteiger charge is -2.18. The maximum atomic E-state index is 12.8. The number of ether oxygens (including phenoxy) is 3. The Morgan fingerprint density at radius 1 is 0.344 bits per heavy atom. The third kappa shape index (κ3) is 48.3. The molecule has 0 fully saturated rings. The molecular formula is C55H98O6. The van der Waals surface area contributed by atoms with Crippen LogP contribution in [0.1, 0.15) is 265 Å². The predicted molar refractivity (Wildman–Crippen MR) is 261 cm³/mol. The van der Waals surface area contributed by atoms with Crippen molar-refractivity contribution in [2.45, 2.75) is 271 Å². The van der Waals surface area contributed by atoms with E-state index in [-0.39, 0.29) is 31.1 Å². The average Bonchev–Trinajstić information content (AvgIpc) is 3.26. The molecule has 0 heterocycles.